The van der Waals surface area contributed by atoms with Gasteiger partial charge in [-0.1, -0.05) is 209 Å². The molecule has 6 atom stereocenters. The van der Waals surface area contributed by atoms with Crippen LogP contribution in [0.5, 0.6) is 0 Å². The average molecular weight is 1330 g/mol. The first kappa shape index (κ1) is 85.1. The maximum Gasteiger partial charge on any atom is 0.313 e. The molecule has 0 bridgehead atoms. The first-order valence-electron chi connectivity index (χ1n) is 34.1. The van der Waals surface area contributed by atoms with E-state index in [1.165, 1.54) is 52.8 Å². The number of aromatic nitrogens is 2. The van der Waals surface area contributed by atoms with E-state index in [0.29, 0.717) is 46.6 Å². The minimum atomic E-state index is -0.793. The van der Waals surface area contributed by atoms with Crippen molar-refractivity contribution >= 4 is 17.6 Å². The minimum Gasteiger partial charge on any atom is -0.469 e. The zero-order valence-electron chi connectivity index (χ0n) is 63.3. The molecule has 6 unspecified atom stereocenters. The predicted molar refractivity (Wildman–Crippen MR) is 397 cm³/mol. The number of methoxy groups -OCH3 is 1. The Hall–Kier alpha value is -6.01. The molecule has 95 heavy (non-hydrogen) atoms. The Labute approximate surface area is 579 Å². The lowest BCUT2D eigenvalue weighted by molar-refractivity contribution is -0.143. The van der Waals surface area contributed by atoms with Gasteiger partial charge in [0, 0.05) is 53.6 Å². The summed E-state index contributed by atoms with van der Waals surface area (Å²) in [5.41, 5.74) is 11.2. The molecule has 8 nitrogen and oxygen atoms in total. The maximum atomic E-state index is 13.2. The zero-order chi connectivity index (χ0) is 73.0. The quantitative estimate of drug-likeness (QED) is 0.0631. The molecule has 0 spiro atoms. The highest BCUT2D eigenvalue weighted by molar-refractivity contribution is 6.31. The number of ether oxygens (including phenoxy) is 1. The van der Waals surface area contributed by atoms with Crippen molar-refractivity contribution in [3.8, 4) is 0 Å². The Bertz CT molecular complexity index is 3100. The van der Waals surface area contributed by atoms with E-state index in [2.05, 4.69) is 149 Å². The third kappa shape index (κ3) is 26.7. The van der Waals surface area contributed by atoms with Gasteiger partial charge in [0.1, 0.15) is 11.6 Å². The molecule has 0 saturated carbocycles. The number of aliphatic hydroxyl groups is 4. The van der Waals surface area contributed by atoms with E-state index in [1.807, 2.05) is 122 Å². The lowest BCUT2D eigenvalue weighted by Gasteiger charge is -2.33. The van der Waals surface area contributed by atoms with E-state index < -0.39 is 22.4 Å². The average Bonchev–Trinajstić information content (AvgIpc) is 1.24. The lowest BCUT2D eigenvalue weighted by Crippen LogP contribution is -2.32. The molecular weight excluding hydrogens is 1210 g/mol. The van der Waals surface area contributed by atoms with Crippen molar-refractivity contribution in [1.29, 1.82) is 0 Å². The number of nitrogens with zero attached hydrogens (tertiary/aromatic N) is 2. The van der Waals surface area contributed by atoms with E-state index in [-0.39, 0.29) is 53.1 Å². The number of carbonyl (C=O) groups is 1. The number of esters is 1. The maximum absolute atomic E-state index is 13.2. The number of halogens is 3. The van der Waals surface area contributed by atoms with Crippen molar-refractivity contribution in [2.24, 2.45) is 42.6 Å². The number of aryl methyl sites for hydroxylation is 7. The molecule has 0 radical (unpaired) electrons. The van der Waals surface area contributed by atoms with Crippen molar-refractivity contribution in [3.05, 3.63) is 229 Å². The molecule has 1 heterocycles. The van der Waals surface area contributed by atoms with Crippen molar-refractivity contribution in [3.63, 3.8) is 0 Å². The fourth-order valence-electron chi connectivity index (χ4n) is 13.9. The van der Waals surface area contributed by atoms with Crippen LogP contribution in [-0.2, 0) is 16.6 Å². The van der Waals surface area contributed by atoms with Gasteiger partial charge in [-0.15, -0.1) is 0 Å². The summed E-state index contributed by atoms with van der Waals surface area (Å²) in [6.45, 7) is 51.9. The first-order valence-corrected chi connectivity index (χ1v) is 34.5. The van der Waals surface area contributed by atoms with Crippen LogP contribution in [0.15, 0.2) is 140 Å². The topological polar surface area (TPSA) is 125 Å². The normalized spacial score (nSPS) is 13.8. The van der Waals surface area contributed by atoms with Crippen LogP contribution in [0.3, 0.4) is 0 Å². The summed E-state index contributed by atoms with van der Waals surface area (Å²) < 4.78 is 33.2. The molecule has 0 saturated heterocycles. The van der Waals surface area contributed by atoms with Crippen LogP contribution in [0.4, 0.5) is 8.78 Å². The van der Waals surface area contributed by atoms with Crippen LogP contribution in [0, 0.1) is 88.7 Å². The number of carbonyl (C=O) groups excluding carboxylic acids is 1. The van der Waals surface area contributed by atoms with Crippen molar-refractivity contribution in [2.75, 3.05) is 7.11 Å². The molecule has 7 rings (SSSR count). The fourth-order valence-corrected chi connectivity index (χ4v) is 14.0. The molecular formula is C84H123ClF2N2O6. The number of benzene rings is 6. The van der Waals surface area contributed by atoms with Gasteiger partial charge in [0.05, 0.1) is 35.4 Å². The molecule has 0 amide bonds. The smallest absolute Gasteiger partial charge is 0.313 e. The zero-order valence-corrected chi connectivity index (χ0v) is 64.1. The monoisotopic (exact) mass is 1330 g/mol. The summed E-state index contributed by atoms with van der Waals surface area (Å²) >= 11 is 6.02. The SMILES string of the molecule is CC(C)C(c1ccccc1)c1ccnn1C.COC(=O)C(c1ccc(C)cc1)C(C)C.Cc1cc(C(C(C)C)C(C)(C)O)ccc1Cl.Cc1cc(C(C(C)C)C(C)(C)O)ccc1F.Cc1cc(C(C(C)C)C(C)(C)O)ccc1F.Cc1ccc(C(C(C)C)C(C)(C)O)cc1C. The highest BCUT2D eigenvalue weighted by Gasteiger charge is 2.35. The van der Waals surface area contributed by atoms with Gasteiger partial charge in [-0.3, -0.25) is 9.48 Å². The standard InChI is InChI=1S/C15H24O.C14H21ClO.2C14H21FO.C14H18N2.C13H18O2/c1-10(2)14(15(5,6)16)13-8-7-11(3)12(4)9-13;3*1-9(2)13(14(4,5)16)11-6-7-12(15)10(3)8-11;1-11(2)14(12-7-5-4-6-8-12)13-9-10-15-16(13)3;1-9(2)12(13(14)15-4)11-7-5-10(3)6-8-11/h7-10,14,16H,1-6H3;3*6-9,13,16H,1-5H3;4-11,14H,1-3H3;5-9,12H,1-4H3. The van der Waals surface area contributed by atoms with Gasteiger partial charge < -0.3 is 25.2 Å². The summed E-state index contributed by atoms with van der Waals surface area (Å²) in [5.74, 6) is 2.34. The molecule has 1 aromatic heterocycles. The van der Waals surface area contributed by atoms with Crippen LogP contribution in [0.2, 0.25) is 5.02 Å². The van der Waals surface area contributed by atoms with Crippen molar-refractivity contribution in [2.45, 2.75) is 238 Å². The number of hydrogen-bond donors (Lipinski definition) is 4. The van der Waals surface area contributed by atoms with Gasteiger partial charge in [-0.05, 0) is 218 Å². The molecule has 11 heteroatoms. The van der Waals surface area contributed by atoms with E-state index >= 15 is 0 Å². The second-order valence-corrected chi connectivity index (χ2v) is 30.9. The Kier molecular flexibility index (Phi) is 33.7. The Morgan fingerprint density at radius 2 is 0.779 bits per heavy atom. The summed E-state index contributed by atoms with van der Waals surface area (Å²) in [7, 11) is 3.44. The van der Waals surface area contributed by atoms with Gasteiger partial charge in [0.15, 0.2) is 0 Å². The van der Waals surface area contributed by atoms with Crippen LogP contribution in [0.1, 0.15) is 246 Å². The molecule has 6 aromatic carbocycles. The van der Waals surface area contributed by atoms with Crippen LogP contribution in [-0.4, -0.2) is 65.7 Å². The predicted octanol–water partition coefficient (Wildman–Crippen LogP) is 21.4. The summed E-state index contributed by atoms with van der Waals surface area (Å²) in [5, 5.41) is 45.9. The first-order chi connectivity index (χ1) is 43.7. The van der Waals surface area contributed by atoms with Gasteiger partial charge in [0.25, 0.3) is 0 Å². The highest BCUT2D eigenvalue weighted by atomic mass is 35.5. The second kappa shape index (κ2) is 37.6. The van der Waals surface area contributed by atoms with Crippen molar-refractivity contribution in [1.82, 2.24) is 9.78 Å². The molecule has 0 aliphatic carbocycles. The molecule has 7 aromatic rings. The second-order valence-electron chi connectivity index (χ2n) is 30.5. The Balaban J connectivity index is 0.000000388. The fraction of sp³-hybridized carbons (Fsp3) is 0.524. The van der Waals surface area contributed by atoms with E-state index in [4.69, 9.17) is 16.3 Å². The third-order valence-corrected chi connectivity index (χ3v) is 18.2. The lowest BCUT2D eigenvalue weighted by atomic mass is 9.76. The molecule has 526 valence electrons. The van der Waals surface area contributed by atoms with Gasteiger partial charge >= 0.3 is 5.97 Å². The van der Waals surface area contributed by atoms with E-state index in [1.54, 1.807) is 53.7 Å². The number of hydrogen-bond acceptors (Lipinski definition) is 7. The third-order valence-electron chi connectivity index (χ3n) is 17.8. The molecule has 0 fully saturated rings. The molecule has 0 aliphatic heterocycles. The Morgan fingerprint density at radius 1 is 0.432 bits per heavy atom. The van der Waals surface area contributed by atoms with Gasteiger partial charge in [-0.25, -0.2) is 8.78 Å². The van der Waals surface area contributed by atoms with Crippen LogP contribution < -0.4 is 0 Å². The van der Waals surface area contributed by atoms with E-state index in [0.717, 1.165) is 32.8 Å². The summed E-state index contributed by atoms with van der Waals surface area (Å²) in [6.07, 6.45) is 1.87. The van der Waals surface area contributed by atoms with Gasteiger partial charge in [0.2, 0.25) is 0 Å². The number of rotatable bonds is 18. The van der Waals surface area contributed by atoms with E-state index in [9.17, 15) is 34.0 Å². The summed E-state index contributed by atoms with van der Waals surface area (Å²) in [4.78, 5) is 11.6. The minimum absolute atomic E-state index is 0.0202. The Morgan fingerprint density at radius 3 is 1.07 bits per heavy atom. The van der Waals surface area contributed by atoms with Crippen LogP contribution in [0.25, 0.3) is 0 Å². The van der Waals surface area contributed by atoms with Crippen LogP contribution >= 0.6 is 11.6 Å². The molecule has 4 N–H and O–H groups in total. The van der Waals surface area contributed by atoms with Crippen molar-refractivity contribution < 1.29 is 38.7 Å². The molecule has 0 aliphatic rings. The van der Waals surface area contributed by atoms with Gasteiger partial charge in [-0.2, -0.15) is 5.10 Å². The highest BCUT2D eigenvalue weighted by Crippen LogP contribution is 2.40. The summed E-state index contributed by atoms with van der Waals surface area (Å²) in [6, 6.07) is 43.4. The largest absolute Gasteiger partial charge is 0.469 e.